The van der Waals surface area contributed by atoms with Crippen LogP contribution >= 0.6 is 24.0 Å². The molecule has 0 aliphatic rings. The fraction of sp³-hybridized carbons (Fsp3) is 0.300. The van der Waals surface area contributed by atoms with Crippen molar-refractivity contribution in [1.82, 2.24) is 0 Å². The summed E-state index contributed by atoms with van der Waals surface area (Å²) in [6.07, 6.45) is 0.313. The predicted molar refractivity (Wildman–Crippen MR) is 74.3 cm³/mol. The zero-order valence-corrected chi connectivity index (χ0v) is 15.5. The second-order valence-electron chi connectivity index (χ2n) is 3.24. The smallest absolute Gasteiger partial charge is 0.748 e. The molecule has 1 aromatic carbocycles. The summed E-state index contributed by atoms with van der Waals surface area (Å²) in [5, 5.41) is 3.01. The van der Waals surface area contributed by atoms with E-state index < -0.39 is 10.1 Å². The molecule has 0 aliphatic heterocycles. The molecule has 0 saturated heterocycles. The number of thioether (sulfide) groups is 1. The van der Waals surface area contributed by atoms with Gasteiger partial charge in [-0.05, 0) is 18.6 Å². The van der Waals surface area contributed by atoms with Crippen LogP contribution in [0.2, 0.25) is 0 Å². The van der Waals surface area contributed by atoms with Crippen LogP contribution in [0.15, 0.2) is 30.3 Å². The van der Waals surface area contributed by atoms with Crippen LogP contribution in [0.3, 0.4) is 0 Å². The number of hydrogen-bond donors (Lipinski definition) is 1. The van der Waals surface area contributed by atoms with E-state index in [-0.39, 0.29) is 57.1 Å². The maximum Gasteiger partial charge on any atom is 1.00 e. The maximum atomic E-state index is 10.4. The second-order valence-corrected chi connectivity index (χ2v) is 6.54. The van der Waals surface area contributed by atoms with Gasteiger partial charge in [0.25, 0.3) is 0 Å². The third-order valence-corrected chi connectivity index (χ3v) is 3.89. The van der Waals surface area contributed by atoms with Crippen molar-refractivity contribution in [3.63, 3.8) is 0 Å². The Labute approximate surface area is 159 Å². The van der Waals surface area contributed by atoms with Gasteiger partial charge in [0.2, 0.25) is 0 Å². The first-order chi connectivity index (χ1) is 7.97. The number of benzene rings is 1. The van der Waals surface area contributed by atoms with Crippen LogP contribution in [0.25, 0.3) is 0 Å². The zero-order chi connectivity index (χ0) is 12.7. The number of hydrogen-bond acceptors (Lipinski definition) is 5. The molecule has 1 N–H and O–H groups in total. The fourth-order valence-electron chi connectivity index (χ4n) is 1.08. The van der Waals surface area contributed by atoms with Gasteiger partial charge in [-0.25, -0.2) is 8.42 Å². The van der Waals surface area contributed by atoms with Gasteiger partial charge >= 0.3 is 51.4 Å². The molecule has 0 radical (unpaired) electrons. The van der Waals surface area contributed by atoms with Gasteiger partial charge in [0.1, 0.15) is 4.32 Å². The SMILES string of the molecule is O=S(=O)([O-])CCCSC(=S)Nc1ccccc1.[K+]. The summed E-state index contributed by atoms with van der Waals surface area (Å²) in [6, 6.07) is 9.45. The largest absolute Gasteiger partial charge is 1.00 e. The Balaban J connectivity index is 0.00000289. The molecule has 0 aliphatic carbocycles. The van der Waals surface area contributed by atoms with Crippen LogP contribution in [0.1, 0.15) is 6.42 Å². The van der Waals surface area contributed by atoms with Crippen molar-refractivity contribution in [2.75, 3.05) is 16.8 Å². The molecule has 0 saturated carbocycles. The maximum absolute atomic E-state index is 10.4. The average Bonchev–Trinajstić information content (AvgIpc) is 2.25. The average molecular weight is 330 g/mol. The third-order valence-electron chi connectivity index (χ3n) is 1.79. The quantitative estimate of drug-likeness (QED) is 0.325. The predicted octanol–water partition coefficient (Wildman–Crippen LogP) is -0.944. The summed E-state index contributed by atoms with van der Waals surface area (Å²) in [7, 11) is -4.11. The summed E-state index contributed by atoms with van der Waals surface area (Å²) >= 11 is 6.40. The Kier molecular flexibility index (Phi) is 10.4. The molecule has 0 spiro atoms. The standard InChI is InChI=1S/C10H13NO3S3.K/c12-17(13,14)8-4-7-16-10(15)11-9-5-2-1-3-6-9;/h1-3,5-6H,4,7-8H2,(H,11,15)(H,12,13,14);/q;+1/p-1. The molecular formula is C10H12KNO3S3. The molecule has 94 valence electrons. The Morgan fingerprint density at radius 1 is 1.33 bits per heavy atom. The van der Waals surface area contributed by atoms with Crippen molar-refractivity contribution >= 4 is 44.1 Å². The number of thiocarbonyl (C=S) groups is 1. The normalized spacial score (nSPS) is 10.5. The molecule has 1 rings (SSSR count). The van der Waals surface area contributed by atoms with Crippen molar-refractivity contribution < 1.29 is 64.4 Å². The molecule has 0 aromatic heterocycles. The van der Waals surface area contributed by atoms with Gasteiger partial charge in [-0.15, -0.1) is 0 Å². The Bertz CT molecular complexity index is 465. The van der Waals surface area contributed by atoms with Crippen LogP contribution < -0.4 is 56.7 Å². The van der Waals surface area contributed by atoms with E-state index in [1.165, 1.54) is 11.8 Å². The summed E-state index contributed by atoms with van der Waals surface area (Å²) in [6.45, 7) is 0. The number of nitrogens with one attached hydrogen (secondary N) is 1. The summed E-state index contributed by atoms with van der Waals surface area (Å²) in [5.41, 5.74) is 0.890. The molecule has 18 heavy (non-hydrogen) atoms. The molecule has 4 nitrogen and oxygen atoms in total. The Morgan fingerprint density at radius 2 is 1.94 bits per heavy atom. The Morgan fingerprint density at radius 3 is 2.50 bits per heavy atom. The van der Waals surface area contributed by atoms with E-state index in [2.05, 4.69) is 5.32 Å². The monoisotopic (exact) mass is 329 g/mol. The van der Waals surface area contributed by atoms with Gasteiger partial charge in [-0.1, -0.05) is 42.2 Å². The van der Waals surface area contributed by atoms with Gasteiger partial charge in [0, 0.05) is 17.2 Å². The minimum absolute atomic E-state index is 0. The molecule has 0 fully saturated rings. The molecule has 1 aromatic rings. The first kappa shape index (κ1) is 19.0. The van der Waals surface area contributed by atoms with Gasteiger partial charge in [-0.3, -0.25) is 0 Å². The summed E-state index contributed by atoms with van der Waals surface area (Å²) < 4.78 is 31.6. The van der Waals surface area contributed by atoms with Crippen LogP contribution in [-0.4, -0.2) is 28.8 Å². The fourth-order valence-corrected chi connectivity index (χ4v) is 2.79. The van der Waals surface area contributed by atoms with Crippen LogP contribution in [0, 0.1) is 0 Å². The zero-order valence-electron chi connectivity index (χ0n) is 9.96. The van der Waals surface area contributed by atoms with Gasteiger partial charge in [0.15, 0.2) is 0 Å². The van der Waals surface area contributed by atoms with E-state index in [1.807, 2.05) is 30.3 Å². The number of anilines is 1. The minimum Gasteiger partial charge on any atom is -0.748 e. The summed E-state index contributed by atoms with van der Waals surface area (Å²) in [4.78, 5) is 0. The number of para-hydroxylation sites is 1. The van der Waals surface area contributed by atoms with Gasteiger partial charge in [-0.2, -0.15) is 0 Å². The van der Waals surface area contributed by atoms with Gasteiger partial charge < -0.3 is 9.87 Å². The van der Waals surface area contributed by atoms with Crippen LogP contribution in [-0.2, 0) is 10.1 Å². The summed E-state index contributed by atoms with van der Waals surface area (Å²) in [5.74, 6) is 0.175. The minimum atomic E-state index is -4.11. The first-order valence-electron chi connectivity index (χ1n) is 4.90. The van der Waals surface area contributed by atoms with E-state index >= 15 is 0 Å². The van der Waals surface area contributed by atoms with E-state index in [0.29, 0.717) is 16.5 Å². The van der Waals surface area contributed by atoms with Crippen molar-refractivity contribution in [2.45, 2.75) is 6.42 Å². The van der Waals surface area contributed by atoms with Gasteiger partial charge in [0.05, 0.1) is 10.1 Å². The first-order valence-corrected chi connectivity index (χ1v) is 7.87. The third kappa shape index (κ3) is 9.87. The van der Waals surface area contributed by atoms with Crippen molar-refractivity contribution in [3.05, 3.63) is 30.3 Å². The molecule has 0 bridgehead atoms. The van der Waals surface area contributed by atoms with Crippen molar-refractivity contribution in [2.24, 2.45) is 0 Å². The van der Waals surface area contributed by atoms with E-state index in [9.17, 15) is 13.0 Å². The van der Waals surface area contributed by atoms with Crippen molar-refractivity contribution in [1.29, 1.82) is 0 Å². The van der Waals surface area contributed by atoms with E-state index in [4.69, 9.17) is 12.2 Å². The molecule has 0 amide bonds. The van der Waals surface area contributed by atoms with Crippen molar-refractivity contribution in [3.8, 4) is 0 Å². The van der Waals surface area contributed by atoms with E-state index in [1.54, 1.807) is 0 Å². The molecule has 0 atom stereocenters. The Hall–Kier alpha value is 1.01. The molecule has 0 unspecified atom stereocenters. The number of rotatable bonds is 5. The molecule has 0 heterocycles. The van der Waals surface area contributed by atoms with E-state index in [0.717, 1.165) is 5.69 Å². The molecular weight excluding hydrogens is 317 g/mol. The van der Waals surface area contributed by atoms with Crippen LogP contribution in [0.5, 0.6) is 0 Å². The van der Waals surface area contributed by atoms with Crippen LogP contribution in [0.4, 0.5) is 5.69 Å². The topological polar surface area (TPSA) is 69.2 Å². The second kappa shape index (κ2) is 9.84. The molecule has 8 heteroatoms.